The summed E-state index contributed by atoms with van der Waals surface area (Å²) in [7, 11) is 0. The van der Waals surface area contributed by atoms with Gasteiger partial charge in [-0.05, 0) is 6.07 Å². The fraction of sp³-hybridized carbons (Fsp3) is 0.600. The van der Waals surface area contributed by atoms with Gasteiger partial charge in [0.25, 0.3) is 0 Å². The molecule has 0 bridgehead atoms. The van der Waals surface area contributed by atoms with Gasteiger partial charge in [0.2, 0.25) is 11.4 Å². The van der Waals surface area contributed by atoms with Crippen LogP contribution in [0.3, 0.4) is 0 Å². The highest BCUT2D eigenvalue weighted by atomic mass is 19.2. The summed E-state index contributed by atoms with van der Waals surface area (Å²) in [6.45, 7) is -0.696. The number of aliphatic hydroxyl groups is 2. The van der Waals surface area contributed by atoms with Crippen molar-refractivity contribution < 1.29 is 23.7 Å². The molecular weight excluding hydrogens is 264 g/mol. The Hall–Kier alpha value is -1.58. The summed E-state index contributed by atoms with van der Waals surface area (Å²) in [5, 5.41) is 18.6. The number of rotatable bonds is 2. The molecule has 4 N–H and O–H groups in total. The topological polar surface area (TPSA) is 111 Å². The summed E-state index contributed by atoms with van der Waals surface area (Å²) in [5.74, 6) is -0.101. The van der Waals surface area contributed by atoms with E-state index in [1.807, 2.05) is 0 Å². The molecule has 0 aromatic carbocycles. The molecule has 1 aromatic rings. The number of hydrogen-bond donors (Lipinski definition) is 3. The van der Waals surface area contributed by atoms with Crippen LogP contribution >= 0.6 is 0 Å². The van der Waals surface area contributed by atoms with Crippen molar-refractivity contribution in [1.29, 1.82) is 0 Å². The smallest absolute Gasteiger partial charge is 0.352 e. The van der Waals surface area contributed by atoms with Crippen molar-refractivity contribution in [2.75, 3.05) is 12.3 Å². The van der Waals surface area contributed by atoms with Gasteiger partial charge in [-0.25, -0.2) is 13.6 Å². The lowest BCUT2D eigenvalue weighted by atomic mass is 10.1. The van der Waals surface area contributed by atoms with Crippen molar-refractivity contribution in [1.82, 2.24) is 9.55 Å². The lowest BCUT2D eigenvalue weighted by Crippen LogP contribution is -2.38. The van der Waals surface area contributed by atoms with Gasteiger partial charge in [-0.3, -0.25) is 4.57 Å². The zero-order valence-corrected chi connectivity index (χ0v) is 9.53. The summed E-state index contributed by atoms with van der Waals surface area (Å²) in [4.78, 5) is 15.0. The highest BCUT2D eigenvalue weighted by molar-refractivity contribution is 5.34. The van der Waals surface area contributed by atoms with Gasteiger partial charge >= 0.3 is 5.69 Å². The van der Waals surface area contributed by atoms with E-state index < -0.39 is 42.1 Å². The van der Waals surface area contributed by atoms with Gasteiger partial charge in [-0.15, -0.1) is 0 Å². The first-order chi connectivity index (χ1) is 8.89. The molecule has 7 nitrogen and oxygen atoms in total. The third kappa shape index (κ3) is 1.20. The minimum absolute atomic E-state index is 0.101. The fourth-order valence-electron chi connectivity index (χ4n) is 2.63. The zero-order chi connectivity index (χ0) is 14.0. The van der Waals surface area contributed by atoms with Crippen LogP contribution in [-0.2, 0) is 10.5 Å². The maximum Gasteiger partial charge on any atom is 0.352 e. The zero-order valence-electron chi connectivity index (χ0n) is 9.53. The first-order valence-corrected chi connectivity index (χ1v) is 5.55. The Morgan fingerprint density at radius 2 is 2.32 bits per heavy atom. The average molecular weight is 275 g/mol. The Morgan fingerprint density at radius 1 is 1.63 bits per heavy atom. The van der Waals surface area contributed by atoms with Crippen LogP contribution < -0.4 is 11.4 Å². The predicted octanol–water partition coefficient (Wildman–Crippen LogP) is -1.71. The molecule has 104 valence electrons. The molecule has 3 rings (SSSR count). The number of fused-ring (bicyclic) bond motifs is 1. The molecule has 0 amide bonds. The molecule has 1 aliphatic heterocycles. The van der Waals surface area contributed by atoms with E-state index in [0.717, 1.165) is 6.20 Å². The molecule has 1 saturated heterocycles. The second-order valence-corrected chi connectivity index (χ2v) is 4.62. The van der Waals surface area contributed by atoms with Gasteiger partial charge in [-0.1, -0.05) is 0 Å². The standard InChI is InChI=1S/C10H11F2N3O4/c11-7-9(12)6(17)4(3-16)19-10(7,9)15-2-1-5(13)14-8(15)18/h1-2,4,6-7,16-17H,3H2,(H2,13,14,18)/t4-,6?,7?,9?,10-/m1/s1. The largest absolute Gasteiger partial charge is 0.394 e. The van der Waals surface area contributed by atoms with Gasteiger partial charge in [0.1, 0.15) is 18.0 Å². The molecule has 19 heavy (non-hydrogen) atoms. The second kappa shape index (κ2) is 3.50. The first kappa shape index (κ1) is 12.5. The number of nitrogens with zero attached hydrogens (tertiary/aromatic N) is 2. The number of halogens is 2. The number of nitrogens with two attached hydrogens (primary N) is 1. The van der Waals surface area contributed by atoms with Crippen LogP contribution in [0.15, 0.2) is 17.1 Å². The molecule has 9 heteroatoms. The molecule has 1 aromatic heterocycles. The summed E-state index contributed by atoms with van der Waals surface area (Å²) in [5.41, 5.74) is -0.759. The Labute approximate surface area is 105 Å². The lowest BCUT2D eigenvalue weighted by molar-refractivity contribution is -0.106. The number of anilines is 1. The minimum Gasteiger partial charge on any atom is -0.394 e. The van der Waals surface area contributed by atoms with Crippen molar-refractivity contribution in [3.63, 3.8) is 0 Å². The van der Waals surface area contributed by atoms with E-state index in [4.69, 9.17) is 15.6 Å². The molecule has 2 heterocycles. The van der Waals surface area contributed by atoms with E-state index in [-0.39, 0.29) is 5.82 Å². The average Bonchev–Trinajstić information content (AvgIpc) is 2.72. The summed E-state index contributed by atoms with van der Waals surface area (Å²) in [6.07, 6.45) is -4.34. The van der Waals surface area contributed by atoms with Crippen molar-refractivity contribution in [3.8, 4) is 0 Å². The van der Waals surface area contributed by atoms with Crippen LogP contribution in [-0.4, -0.2) is 50.4 Å². The van der Waals surface area contributed by atoms with Gasteiger partial charge in [0.15, 0.2) is 6.17 Å². The molecular formula is C10H11F2N3O4. The Kier molecular flexibility index (Phi) is 2.29. The van der Waals surface area contributed by atoms with Crippen LogP contribution in [0.25, 0.3) is 0 Å². The molecule has 5 atom stereocenters. The number of aliphatic hydroxyl groups excluding tert-OH is 2. The molecule has 0 spiro atoms. The maximum atomic E-state index is 14.5. The van der Waals surface area contributed by atoms with E-state index in [2.05, 4.69) is 4.98 Å². The maximum absolute atomic E-state index is 14.5. The third-order valence-electron chi connectivity index (χ3n) is 3.65. The van der Waals surface area contributed by atoms with Crippen LogP contribution in [0.2, 0.25) is 0 Å². The van der Waals surface area contributed by atoms with Gasteiger partial charge in [0.05, 0.1) is 6.61 Å². The van der Waals surface area contributed by atoms with Crippen molar-refractivity contribution in [3.05, 3.63) is 22.7 Å². The van der Waals surface area contributed by atoms with Crippen molar-refractivity contribution in [2.24, 2.45) is 0 Å². The number of aromatic nitrogens is 2. The molecule has 2 aliphatic rings. The summed E-state index contributed by atoms with van der Waals surface area (Å²) >= 11 is 0. The van der Waals surface area contributed by atoms with Gasteiger partial charge < -0.3 is 20.7 Å². The molecule has 1 aliphatic carbocycles. The minimum atomic E-state index is -2.78. The quantitative estimate of drug-likeness (QED) is 0.593. The van der Waals surface area contributed by atoms with Crippen LogP contribution in [0.4, 0.5) is 14.6 Å². The van der Waals surface area contributed by atoms with Gasteiger partial charge in [-0.2, -0.15) is 4.98 Å². The van der Waals surface area contributed by atoms with Crippen LogP contribution in [0.5, 0.6) is 0 Å². The monoisotopic (exact) mass is 275 g/mol. The van der Waals surface area contributed by atoms with E-state index in [9.17, 15) is 18.7 Å². The van der Waals surface area contributed by atoms with Gasteiger partial charge in [0, 0.05) is 6.20 Å². The first-order valence-electron chi connectivity index (χ1n) is 5.55. The number of ether oxygens (including phenoxy) is 1. The van der Waals surface area contributed by atoms with E-state index in [0.29, 0.717) is 4.57 Å². The molecule has 3 unspecified atom stereocenters. The number of nitrogen functional groups attached to an aromatic ring is 1. The summed E-state index contributed by atoms with van der Waals surface area (Å²) < 4.78 is 33.9. The molecule has 0 radical (unpaired) electrons. The highest BCUT2D eigenvalue weighted by Crippen LogP contribution is 2.66. The van der Waals surface area contributed by atoms with Crippen LogP contribution in [0, 0.1) is 0 Å². The predicted molar refractivity (Wildman–Crippen MR) is 57.6 cm³/mol. The lowest BCUT2D eigenvalue weighted by Gasteiger charge is -2.19. The molecule has 1 saturated carbocycles. The number of hydrogen-bond acceptors (Lipinski definition) is 6. The SMILES string of the molecule is Nc1ccn([C@]23O[C@H](CO)C(O)C2(F)C3F)c(=O)n1. The summed E-state index contributed by atoms with van der Waals surface area (Å²) in [6, 6.07) is 1.18. The van der Waals surface area contributed by atoms with Crippen LogP contribution in [0.1, 0.15) is 0 Å². The van der Waals surface area contributed by atoms with E-state index in [1.54, 1.807) is 0 Å². The third-order valence-corrected chi connectivity index (χ3v) is 3.65. The number of alkyl halides is 2. The normalized spacial score (nSPS) is 44.1. The highest BCUT2D eigenvalue weighted by Gasteiger charge is 2.92. The second-order valence-electron chi connectivity index (χ2n) is 4.62. The molecule has 2 fully saturated rings. The fourth-order valence-corrected chi connectivity index (χ4v) is 2.63. The van der Waals surface area contributed by atoms with Crippen molar-refractivity contribution >= 4 is 5.82 Å². The van der Waals surface area contributed by atoms with Crippen molar-refractivity contribution in [2.45, 2.75) is 29.8 Å². The Balaban J connectivity index is 2.12. The Bertz CT molecular complexity index is 596. The van der Waals surface area contributed by atoms with E-state index in [1.165, 1.54) is 6.07 Å². The van der Waals surface area contributed by atoms with E-state index >= 15 is 0 Å². The Morgan fingerprint density at radius 3 is 2.89 bits per heavy atom.